The predicted octanol–water partition coefficient (Wildman–Crippen LogP) is 1.94. The second-order valence-electron chi connectivity index (χ2n) is 3.74. The van der Waals surface area contributed by atoms with Crippen LogP contribution >= 0.6 is 22.6 Å². The lowest BCUT2D eigenvalue weighted by atomic mass is 10.1. The lowest BCUT2D eigenvalue weighted by Crippen LogP contribution is -2.04. The minimum absolute atomic E-state index is 0.176. The van der Waals surface area contributed by atoms with Crippen LogP contribution in [-0.4, -0.2) is 25.9 Å². The summed E-state index contributed by atoms with van der Waals surface area (Å²) >= 11 is 1.97. The molecule has 0 amide bonds. The third-order valence-electron chi connectivity index (χ3n) is 2.43. The van der Waals surface area contributed by atoms with Crippen LogP contribution < -0.4 is 0 Å². The summed E-state index contributed by atoms with van der Waals surface area (Å²) in [5.74, 6) is 0. The van der Waals surface area contributed by atoms with E-state index in [1.165, 1.54) is 6.07 Å². The monoisotopic (exact) mass is 414 g/mol. The predicted molar refractivity (Wildman–Crippen MR) is 76.3 cm³/mol. The van der Waals surface area contributed by atoms with Crippen LogP contribution in [0.15, 0.2) is 40.1 Å². The van der Waals surface area contributed by atoms with Gasteiger partial charge in [0.25, 0.3) is 20.2 Å². The zero-order chi connectivity index (χ0) is 14.4. The van der Waals surface area contributed by atoms with Gasteiger partial charge in [-0.1, -0.05) is 6.07 Å². The average Bonchev–Trinajstić information content (AvgIpc) is 2.24. The topological polar surface area (TPSA) is 109 Å². The van der Waals surface area contributed by atoms with Gasteiger partial charge in [0, 0.05) is 8.96 Å². The Labute approximate surface area is 123 Å². The standard InChI is InChI=1S/C10H7IO6S2/c11-7-1-2-9-6(3-7)4-8(18(12,13)14)5-10(9)19(15,16)17/h1-5H,(H,12,13,14)(H,15,16,17). The fourth-order valence-electron chi connectivity index (χ4n) is 1.64. The van der Waals surface area contributed by atoms with E-state index in [0.717, 1.165) is 15.7 Å². The van der Waals surface area contributed by atoms with Crippen molar-refractivity contribution in [3.05, 3.63) is 33.9 Å². The van der Waals surface area contributed by atoms with Crippen LogP contribution in [0.3, 0.4) is 0 Å². The summed E-state index contributed by atoms with van der Waals surface area (Å²) in [6, 6.07) is 6.47. The van der Waals surface area contributed by atoms with Gasteiger partial charge in [-0.25, -0.2) is 0 Å². The van der Waals surface area contributed by atoms with Crippen molar-refractivity contribution in [2.45, 2.75) is 9.79 Å². The van der Waals surface area contributed by atoms with Crippen molar-refractivity contribution in [2.75, 3.05) is 0 Å². The van der Waals surface area contributed by atoms with Gasteiger partial charge in [0.15, 0.2) is 0 Å². The second kappa shape index (κ2) is 4.66. The highest BCUT2D eigenvalue weighted by Gasteiger charge is 2.20. The van der Waals surface area contributed by atoms with Crippen LogP contribution in [-0.2, 0) is 20.2 Å². The molecule has 9 heteroatoms. The maximum Gasteiger partial charge on any atom is 0.295 e. The number of hydrogen-bond acceptors (Lipinski definition) is 4. The molecule has 0 aliphatic carbocycles. The smallest absolute Gasteiger partial charge is 0.282 e. The van der Waals surface area contributed by atoms with Crippen LogP contribution in [0.5, 0.6) is 0 Å². The van der Waals surface area contributed by atoms with Gasteiger partial charge in [0.1, 0.15) is 4.90 Å². The molecule has 0 spiro atoms. The molecule has 0 heterocycles. The third-order valence-corrected chi connectivity index (χ3v) is 4.82. The minimum Gasteiger partial charge on any atom is -0.282 e. The van der Waals surface area contributed by atoms with E-state index in [9.17, 15) is 16.8 Å². The molecule has 0 atom stereocenters. The van der Waals surface area contributed by atoms with E-state index < -0.39 is 30.0 Å². The molecule has 0 aliphatic rings. The largest absolute Gasteiger partial charge is 0.295 e. The molecule has 0 saturated heterocycles. The first-order chi connectivity index (χ1) is 8.59. The molecule has 0 saturated carbocycles. The van der Waals surface area contributed by atoms with E-state index in [2.05, 4.69) is 0 Å². The van der Waals surface area contributed by atoms with Gasteiger partial charge in [0.2, 0.25) is 0 Å². The summed E-state index contributed by atoms with van der Waals surface area (Å²) in [4.78, 5) is -1.15. The van der Waals surface area contributed by atoms with E-state index in [-0.39, 0.29) is 10.8 Å². The Hall–Kier alpha value is -0.750. The number of hydrogen-bond donors (Lipinski definition) is 2. The second-order valence-corrected chi connectivity index (χ2v) is 7.79. The van der Waals surface area contributed by atoms with Crippen molar-refractivity contribution in [2.24, 2.45) is 0 Å². The van der Waals surface area contributed by atoms with Crippen LogP contribution in [0.25, 0.3) is 10.8 Å². The fourth-order valence-corrected chi connectivity index (χ4v) is 3.51. The van der Waals surface area contributed by atoms with Crippen molar-refractivity contribution in [3.8, 4) is 0 Å². The Kier molecular flexibility index (Phi) is 3.60. The summed E-state index contributed by atoms with van der Waals surface area (Å²) in [5, 5.41) is 0.463. The zero-order valence-electron chi connectivity index (χ0n) is 9.11. The summed E-state index contributed by atoms with van der Waals surface area (Å²) in [7, 11) is -9.17. The van der Waals surface area contributed by atoms with Gasteiger partial charge >= 0.3 is 0 Å². The zero-order valence-corrected chi connectivity index (χ0v) is 12.9. The van der Waals surface area contributed by atoms with Crippen molar-refractivity contribution in [1.82, 2.24) is 0 Å². The molecule has 2 aromatic carbocycles. The summed E-state index contributed by atoms with van der Waals surface area (Å²) in [6.45, 7) is 0. The Bertz CT molecular complexity index is 870. The molecular formula is C10H7IO6S2. The summed E-state index contributed by atoms with van der Waals surface area (Å²) in [5.41, 5.74) is 0. The molecule has 0 radical (unpaired) electrons. The highest BCUT2D eigenvalue weighted by Crippen LogP contribution is 2.28. The number of benzene rings is 2. The third kappa shape index (κ3) is 3.05. The van der Waals surface area contributed by atoms with Gasteiger partial charge in [-0.15, -0.1) is 0 Å². The van der Waals surface area contributed by atoms with Gasteiger partial charge in [-0.3, -0.25) is 9.11 Å². The first-order valence-corrected chi connectivity index (χ1v) is 8.73. The maximum absolute atomic E-state index is 11.3. The molecule has 2 N–H and O–H groups in total. The number of halogens is 1. The van der Waals surface area contributed by atoms with Gasteiger partial charge in [-0.05, 0) is 52.2 Å². The minimum atomic E-state index is -4.60. The van der Waals surface area contributed by atoms with Gasteiger partial charge < -0.3 is 0 Å². The molecule has 0 aliphatic heterocycles. The van der Waals surface area contributed by atoms with Crippen molar-refractivity contribution >= 4 is 53.6 Å². The number of rotatable bonds is 2. The molecule has 19 heavy (non-hydrogen) atoms. The molecule has 0 fully saturated rings. The molecule has 0 unspecified atom stereocenters. The molecule has 102 valence electrons. The molecule has 2 aromatic rings. The van der Waals surface area contributed by atoms with E-state index >= 15 is 0 Å². The van der Waals surface area contributed by atoms with Crippen LogP contribution in [0, 0.1) is 3.57 Å². The maximum atomic E-state index is 11.3. The van der Waals surface area contributed by atoms with Crippen molar-refractivity contribution in [3.63, 3.8) is 0 Å². The Morgan fingerprint density at radius 3 is 2.05 bits per heavy atom. The normalized spacial score (nSPS) is 12.8. The molecule has 6 nitrogen and oxygen atoms in total. The van der Waals surface area contributed by atoms with E-state index in [4.69, 9.17) is 9.11 Å². The van der Waals surface area contributed by atoms with Crippen molar-refractivity contribution < 1.29 is 25.9 Å². The number of fused-ring (bicyclic) bond motifs is 1. The van der Waals surface area contributed by atoms with Gasteiger partial charge in [-0.2, -0.15) is 16.8 Å². The lowest BCUT2D eigenvalue weighted by molar-refractivity contribution is 0.482. The van der Waals surface area contributed by atoms with E-state index in [1.807, 2.05) is 22.6 Å². The lowest BCUT2D eigenvalue weighted by Gasteiger charge is -2.07. The molecular weight excluding hydrogens is 407 g/mol. The molecule has 2 rings (SSSR count). The van der Waals surface area contributed by atoms with Crippen molar-refractivity contribution in [1.29, 1.82) is 0 Å². The Morgan fingerprint density at radius 1 is 0.895 bits per heavy atom. The fraction of sp³-hybridized carbons (Fsp3) is 0. The average molecular weight is 414 g/mol. The Morgan fingerprint density at radius 2 is 1.53 bits per heavy atom. The SMILES string of the molecule is O=S(=O)(O)c1cc(S(=O)(=O)O)c2ccc(I)cc2c1. The summed E-state index contributed by atoms with van der Waals surface area (Å²) < 4.78 is 63.7. The Balaban J connectivity index is 3.01. The highest BCUT2D eigenvalue weighted by molar-refractivity contribution is 14.1. The van der Waals surface area contributed by atoms with Gasteiger partial charge in [0.05, 0.1) is 4.90 Å². The van der Waals surface area contributed by atoms with Crippen LogP contribution in [0.2, 0.25) is 0 Å². The quantitative estimate of drug-likeness (QED) is 0.575. The van der Waals surface area contributed by atoms with Crippen LogP contribution in [0.1, 0.15) is 0 Å². The molecule has 0 aromatic heterocycles. The summed E-state index contributed by atoms with van der Waals surface area (Å²) in [6.07, 6.45) is 0. The van der Waals surface area contributed by atoms with E-state index in [1.54, 1.807) is 12.1 Å². The first kappa shape index (κ1) is 14.7. The van der Waals surface area contributed by atoms with E-state index in [0.29, 0.717) is 0 Å². The molecule has 0 bridgehead atoms. The van der Waals surface area contributed by atoms with Crippen LogP contribution in [0.4, 0.5) is 0 Å². The first-order valence-electron chi connectivity index (χ1n) is 4.77. The highest BCUT2D eigenvalue weighted by atomic mass is 127.